The Kier molecular flexibility index (Phi) is 1.52. The van der Waals surface area contributed by atoms with Gasteiger partial charge in [-0.05, 0) is 57.4 Å². The van der Waals surface area contributed by atoms with E-state index in [1.807, 2.05) is 0 Å². The third-order valence-electron chi connectivity index (χ3n) is 4.20. The molecule has 3 aliphatic rings. The fourth-order valence-electron chi connectivity index (χ4n) is 3.04. The zero-order chi connectivity index (χ0) is 8.02. The first-order valence-corrected chi connectivity index (χ1v) is 5.64. The van der Waals surface area contributed by atoms with E-state index in [0.717, 1.165) is 11.5 Å². The molecule has 0 radical (unpaired) electrons. The van der Waals surface area contributed by atoms with Gasteiger partial charge in [0, 0.05) is 12.1 Å². The molecule has 1 saturated heterocycles. The highest BCUT2D eigenvalue weighted by molar-refractivity contribution is 5.02. The highest BCUT2D eigenvalue weighted by Gasteiger charge is 2.46. The van der Waals surface area contributed by atoms with Crippen LogP contribution in [0, 0.1) is 5.92 Å². The van der Waals surface area contributed by atoms with E-state index in [4.69, 9.17) is 0 Å². The van der Waals surface area contributed by atoms with Gasteiger partial charge in [-0.1, -0.05) is 0 Å². The summed E-state index contributed by atoms with van der Waals surface area (Å²) in [6.07, 6.45) is 10.6. The van der Waals surface area contributed by atoms with Gasteiger partial charge in [-0.25, -0.2) is 0 Å². The van der Waals surface area contributed by atoms with Crippen molar-refractivity contribution in [2.24, 2.45) is 5.92 Å². The van der Waals surface area contributed by atoms with Gasteiger partial charge in [0.2, 0.25) is 0 Å². The Labute approximate surface area is 75.1 Å². The van der Waals surface area contributed by atoms with E-state index >= 15 is 0 Å². The van der Waals surface area contributed by atoms with Crippen LogP contribution in [0.2, 0.25) is 0 Å². The molecule has 0 atom stereocenters. The van der Waals surface area contributed by atoms with Gasteiger partial charge in [-0.3, -0.25) is 4.90 Å². The van der Waals surface area contributed by atoms with E-state index in [1.54, 1.807) is 0 Å². The van der Waals surface area contributed by atoms with Crippen molar-refractivity contribution in [3.8, 4) is 0 Å². The summed E-state index contributed by atoms with van der Waals surface area (Å²) in [5.41, 5.74) is 0.739. The van der Waals surface area contributed by atoms with Gasteiger partial charge >= 0.3 is 0 Å². The molecule has 2 saturated carbocycles. The first-order chi connectivity index (χ1) is 5.89. The average molecular weight is 165 g/mol. The summed E-state index contributed by atoms with van der Waals surface area (Å²) in [6, 6.07) is 0. The van der Waals surface area contributed by atoms with Crippen LogP contribution in [0.15, 0.2) is 0 Å². The largest absolute Gasteiger partial charge is 0.297 e. The minimum atomic E-state index is 0.739. The molecule has 0 N–H and O–H groups in total. The Bertz CT molecular complexity index is 179. The molecule has 0 aromatic heterocycles. The van der Waals surface area contributed by atoms with Gasteiger partial charge in [0.25, 0.3) is 0 Å². The standard InChI is InChI=1S/C11H19N/c1-5-11(6-1)7-2-8-12(11)9-10-3-4-10/h10H,1-9H2. The van der Waals surface area contributed by atoms with Gasteiger partial charge < -0.3 is 0 Å². The van der Waals surface area contributed by atoms with Gasteiger partial charge in [-0.15, -0.1) is 0 Å². The van der Waals surface area contributed by atoms with Gasteiger partial charge in [0.05, 0.1) is 0 Å². The molecule has 3 fully saturated rings. The summed E-state index contributed by atoms with van der Waals surface area (Å²) in [5, 5.41) is 0. The van der Waals surface area contributed by atoms with Gasteiger partial charge in [-0.2, -0.15) is 0 Å². The van der Waals surface area contributed by atoms with E-state index in [2.05, 4.69) is 4.90 Å². The maximum atomic E-state index is 2.83. The van der Waals surface area contributed by atoms with Crippen LogP contribution in [0.4, 0.5) is 0 Å². The van der Waals surface area contributed by atoms with Gasteiger partial charge in [0.15, 0.2) is 0 Å². The van der Waals surface area contributed by atoms with Crippen molar-refractivity contribution in [2.45, 2.75) is 50.5 Å². The minimum Gasteiger partial charge on any atom is -0.297 e. The van der Waals surface area contributed by atoms with Crippen LogP contribution < -0.4 is 0 Å². The Morgan fingerprint density at radius 1 is 1.08 bits per heavy atom. The average Bonchev–Trinajstić information content (AvgIpc) is 2.65. The van der Waals surface area contributed by atoms with Crippen molar-refractivity contribution in [1.29, 1.82) is 0 Å². The van der Waals surface area contributed by atoms with Crippen LogP contribution in [0.3, 0.4) is 0 Å². The number of hydrogen-bond acceptors (Lipinski definition) is 1. The molecular formula is C11H19N. The molecule has 68 valence electrons. The normalized spacial score (nSPS) is 34.0. The van der Waals surface area contributed by atoms with Crippen molar-refractivity contribution in [2.75, 3.05) is 13.1 Å². The molecule has 3 rings (SSSR count). The van der Waals surface area contributed by atoms with E-state index in [0.29, 0.717) is 0 Å². The van der Waals surface area contributed by atoms with Crippen molar-refractivity contribution >= 4 is 0 Å². The predicted octanol–water partition coefficient (Wildman–Crippen LogP) is 2.41. The molecule has 1 heterocycles. The molecule has 1 spiro atoms. The summed E-state index contributed by atoms with van der Waals surface area (Å²) in [5.74, 6) is 1.10. The third-order valence-corrected chi connectivity index (χ3v) is 4.20. The minimum absolute atomic E-state index is 0.739. The summed E-state index contributed by atoms with van der Waals surface area (Å²) < 4.78 is 0. The third kappa shape index (κ3) is 1.02. The molecule has 1 heteroatoms. The molecule has 1 nitrogen and oxygen atoms in total. The van der Waals surface area contributed by atoms with E-state index in [1.165, 1.54) is 58.0 Å². The first-order valence-electron chi connectivity index (χ1n) is 5.64. The zero-order valence-corrected chi connectivity index (χ0v) is 7.89. The van der Waals surface area contributed by atoms with Crippen molar-refractivity contribution < 1.29 is 0 Å². The topological polar surface area (TPSA) is 3.24 Å². The van der Waals surface area contributed by atoms with Crippen molar-refractivity contribution in [1.82, 2.24) is 4.90 Å². The highest BCUT2D eigenvalue weighted by atomic mass is 15.2. The summed E-state index contributed by atoms with van der Waals surface area (Å²) in [7, 11) is 0. The molecule has 0 amide bonds. The molecule has 12 heavy (non-hydrogen) atoms. The molecule has 1 aliphatic heterocycles. The zero-order valence-electron chi connectivity index (χ0n) is 7.89. The molecule has 0 unspecified atom stereocenters. The lowest BCUT2D eigenvalue weighted by atomic mass is 9.75. The Hall–Kier alpha value is -0.0400. The maximum Gasteiger partial charge on any atom is 0.0210 e. The molecule has 0 bridgehead atoms. The van der Waals surface area contributed by atoms with Crippen LogP contribution in [0.1, 0.15) is 44.9 Å². The summed E-state index contributed by atoms with van der Waals surface area (Å²) in [6.45, 7) is 2.86. The van der Waals surface area contributed by atoms with E-state index < -0.39 is 0 Å². The number of likely N-dealkylation sites (tertiary alicyclic amines) is 1. The molecular weight excluding hydrogens is 146 g/mol. The summed E-state index contributed by atoms with van der Waals surface area (Å²) in [4.78, 5) is 2.83. The lowest BCUT2D eigenvalue weighted by Gasteiger charge is -2.46. The maximum absolute atomic E-state index is 2.83. The fourth-order valence-corrected chi connectivity index (χ4v) is 3.04. The summed E-state index contributed by atoms with van der Waals surface area (Å²) >= 11 is 0. The smallest absolute Gasteiger partial charge is 0.0210 e. The van der Waals surface area contributed by atoms with E-state index in [-0.39, 0.29) is 0 Å². The fraction of sp³-hybridized carbons (Fsp3) is 1.00. The second-order valence-electron chi connectivity index (χ2n) is 5.07. The van der Waals surface area contributed by atoms with Crippen LogP contribution in [0.5, 0.6) is 0 Å². The lowest BCUT2D eigenvalue weighted by molar-refractivity contribution is 0.0522. The van der Waals surface area contributed by atoms with Crippen LogP contribution in [-0.4, -0.2) is 23.5 Å². The number of rotatable bonds is 2. The van der Waals surface area contributed by atoms with E-state index in [9.17, 15) is 0 Å². The molecule has 0 aromatic carbocycles. The highest BCUT2D eigenvalue weighted by Crippen LogP contribution is 2.47. The van der Waals surface area contributed by atoms with Gasteiger partial charge in [0.1, 0.15) is 0 Å². The van der Waals surface area contributed by atoms with Crippen molar-refractivity contribution in [3.63, 3.8) is 0 Å². The van der Waals surface area contributed by atoms with Crippen LogP contribution in [0.25, 0.3) is 0 Å². The first kappa shape index (κ1) is 7.37. The molecule has 0 aromatic rings. The lowest BCUT2D eigenvalue weighted by Crippen LogP contribution is -2.49. The van der Waals surface area contributed by atoms with Crippen LogP contribution >= 0.6 is 0 Å². The molecule has 2 aliphatic carbocycles. The Balaban J connectivity index is 1.66. The number of hydrogen-bond donors (Lipinski definition) is 0. The SMILES string of the molecule is C1CN(CC2CC2)C2(C1)CCC2. The monoisotopic (exact) mass is 165 g/mol. The van der Waals surface area contributed by atoms with Crippen molar-refractivity contribution in [3.05, 3.63) is 0 Å². The predicted molar refractivity (Wildman–Crippen MR) is 50.1 cm³/mol. The Morgan fingerprint density at radius 2 is 1.83 bits per heavy atom. The Morgan fingerprint density at radius 3 is 2.42 bits per heavy atom. The number of nitrogens with zero attached hydrogens (tertiary/aromatic N) is 1. The second-order valence-corrected chi connectivity index (χ2v) is 5.07. The second kappa shape index (κ2) is 2.47. The quantitative estimate of drug-likeness (QED) is 0.607. The van der Waals surface area contributed by atoms with Crippen LogP contribution in [-0.2, 0) is 0 Å².